The van der Waals surface area contributed by atoms with Crippen LogP contribution in [-0.4, -0.2) is 36.9 Å². The van der Waals surface area contributed by atoms with Gasteiger partial charge in [-0.1, -0.05) is 66.5 Å². The fourth-order valence-corrected chi connectivity index (χ4v) is 5.39. The Morgan fingerprint density at radius 2 is 1.61 bits per heavy atom. The van der Waals surface area contributed by atoms with Crippen molar-refractivity contribution in [1.29, 1.82) is 0 Å². The van der Waals surface area contributed by atoms with Crippen LogP contribution in [0.1, 0.15) is 68.9 Å². The molecule has 1 N–H and O–H groups in total. The van der Waals surface area contributed by atoms with Crippen LogP contribution in [0.5, 0.6) is 11.5 Å². The van der Waals surface area contributed by atoms with Crippen LogP contribution in [0.25, 0.3) is 0 Å². The molecule has 11 heteroatoms. The first kappa shape index (κ1) is 35.3. The fourth-order valence-electron chi connectivity index (χ4n) is 4.71. The Kier molecular flexibility index (Phi) is 12.1. The number of amides is 1. The van der Waals surface area contributed by atoms with Crippen LogP contribution in [0.4, 0.5) is 13.6 Å². The minimum atomic E-state index is -3.06. The van der Waals surface area contributed by atoms with E-state index in [0.29, 0.717) is 40.1 Å². The molecule has 1 aliphatic rings. The number of nitrogens with one attached hydrogen (secondary N) is 1. The van der Waals surface area contributed by atoms with Crippen molar-refractivity contribution in [2.45, 2.75) is 84.2 Å². The third kappa shape index (κ3) is 10.8. The Balaban J connectivity index is 1.70. The molecule has 7 nitrogen and oxygen atoms in total. The highest BCUT2D eigenvalue weighted by atomic mass is 35.5. The van der Waals surface area contributed by atoms with E-state index in [1.165, 1.54) is 18.2 Å². The van der Waals surface area contributed by atoms with Gasteiger partial charge in [0, 0.05) is 22.9 Å². The zero-order valence-electron chi connectivity index (χ0n) is 26.3. The van der Waals surface area contributed by atoms with E-state index in [2.05, 4.69) is 5.32 Å². The first-order valence-corrected chi connectivity index (χ1v) is 16.0. The predicted molar refractivity (Wildman–Crippen MR) is 173 cm³/mol. The molecule has 4 rings (SSSR count). The summed E-state index contributed by atoms with van der Waals surface area (Å²) in [5.41, 5.74) is 1.88. The largest absolute Gasteiger partial charge is 0.489 e. The summed E-state index contributed by atoms with van der Waals surface area (Å²) >= 11 is 13.3. The van der Waals surface area contributed by atoms with E-state index in [1.807, 2.05) is 37.3 Å². The predicted octanol–water partition coefficient (Wildman–Crippen LogP) is 8.91. The van der Waals surface area contributed by atoms with Gasteiger partial charge in [-0.3, -0.25) is 0 Å². The molecule has 0 saturated heterocycles. The molecule has 3 aromatic carbocycles. The number of rotatable bonds is 14. The van der Waals surface area contributed by atoms with Gasteiger partial charge >= 0.3 is 18.7 Å². The van der Waals surface area contributed by atoms with E-state index in [1.54, 1.807) is 32.9 Å². The summed E-state index contributed by atoms with van der Waals surface area (Å²) in [6, 6.07) is 16.0. The number of hydrogen-bond donors (Lipinski definition) is 1. The van der Waals surface area contributed by atoms with Crippen LogP contribution in [0.15, 0.2) is 60.7 Å². The number of ether oxygens (including phenoxy) is 4. The molecule has 46 heavy (non-hydrogen) atoms. The standard InChI is InChI=1S/C35H39Cl2F2NO6/c1-5-21-15-26(36)25(27(37)16-21)19-30(24-13-14-29(45-33(38)39)31(18-24)43-20-23-11-12-23)44-32(41)28(17-22-9-7-6-8-10-22)40-34(42)46-35(2,3)4/h6-10,13-16,18,23,28,30,33H,5,11-12,17,19-20H2,1-4H3,(H,40,42). The Morgan fingerprint density at radius 1 is 0.935 bits per heavy atom. The monoisotopic (exact) mass is 677 g/mol. The van der Waals surface area contributed by atoms with Gasteiger partial charge in [0.1, 0.15) is 17.7 Å². The van der Waals surface area contributed by atoms with Crippen LogP contribution < -0.4 is 14.8 Å². The van der Waals surface area contributed by atoms with Crippen molar-refractivity contribution in [3.05, 3.63) is 93.0 Å². The maximum Gasteiger partial charge on any atom is 0.408 e. The maximum absolute atomic E-state index is 13.9. The lowest BCUT2D eigenvalue weighted by Gasteiger charge is -2.26. The number of alkyl carbamates (subject to hydrolysis) is 1. The van der Waals surface area contributed by atoms with Gasteiger partial charge in [0.2, 0.25) is 0 Å². The smallest absolute Gasteiger partial charge is 0.408 e. The van der Waals surface area contributed by atoms with E-state index in [-0.39, 0.29) is 24.3 Å². The molecule has 1 fully saturated rings. The summed E-state index contributed by atoms with van der Waals surface area (Å²) in [4.78, 5) is 26.7. The zero-order chi connectivity index (χ0) is 33.4. The molecule has 0 aliphatic heterocycles. The van der Waals surface area contributed by atoms with Crippen LogP contribution in [0.2, 0.25) is 10.0 Å². The number of carbonyl (C=O) groups excluding carboxylic acids is 2. The molecule has 2 atom stereocenters. The van der Waals surface area contributed by atoms with Gasteiger partial charge in [-0.15, -0.1) is 0 Å². The van der Waals surface area contributed by atoms with Crippen molar-refractivity contribution in [2.75, 3.05) is 6.61 Å². The molecule has 1 saturated carbocycles. The number of hydrogen-bond acceptors (Lipinski definition) is 6. The molecule has 1 aliphatic carbocycles. The number of alkyl halides is 2. The van der Waals surface area contributed by atoms with Gasteiger partial charge in [0.15, 0.2) is 11.5 Å². The summed E-state index contributed by atoms with van der Waals surface area (Å²) in [7, 11) is 0. The SMILES string of the molecule is CCc1cc(Cl)c(CC(OC(=O)C(Cc2ccccc2)NC(=O)OC(C)(C)C)c2ccc(OC(F)F)c(OCC3CC3)c2)c(Cl)c1. The van der Waals surface area contributed by atoms with E-state index in [4.69, 9.17) is 42.1 Å². The summed E-state index contributed by atoms with van der Waals surface area (Å²) in [5, 5.41) is 3.43. The molecule has 3 aromatic rings. The number of esters is 1. The molecule has 0 heterocycles. The topological polar surface area (TPSA) is 83.1 Å². The lowest BCUT2D eigenvalue weighted by molar-refractivity contribution is -0.152. The second-order valence-electron chi connectivity index (χ2n) is 12.2. The molecule has 0 radical (unpaired) electrons. The maximum atomic E-state index is 13.9. The van der Waals surface area contributed by atoms with Crippen molar-refractivity contribution >= 4 is 35.3 Å². The van der Waals surface area contributed by atoms with Gasteiger partial charge in [-0.25, -0.2) is 9.59 Å². The zero-order valence-corrected chi connectivity index (χ0v) is 27.8. The highest BCUT2D eigenvalue weighted by Gasteiger charge is 2.31. The van der Waals surface area contributed by atoms with Gasteiger partial charge in [-0.05, 0) is 92.5 Å². The normalized spacial score (nSPS) is 14.4. The molecule has 1 amide bonds. The van der Waals surface area contributed by atoms with Crippen LogP contribution in [0.3, 0.4) is 0 Å². The first-order chi connectivity index (χ1) is 21.8. The Bertz CT molecular complexity index is 1470. The average Bonchev–Trinajstić information content (AvgIpc) is 3.81. The fraction of sp³-hybridized carbons (Fsp3) is 0.429. The average molecular weight is 679 g/mol. The summed E-state index contributed by atoms with van der Waals surface area (Å²) in [6.07, 6.45) is 1.07. The molecular formula is C35H39Cl2F2NO6. The molecule has 0 spiro atoms. The van der Waals surface area contributed by atoms with Gasteiger partial charge in [0.05, 0.1) is 6.61 Å². The second kappa shape index (κ2) is 15.8. The van der Waals surface area contributed by atoms with Gasteiger partial charge < -0.3 is 24.3 Å². The first-order valence-electron chi connectivity index (χ1n) is 15.2. The lowest BCUT2D eigenvalue weighted by atomic mass is 9.98. The number of aryl methyl sites for hydroxylation is 1. The van der Waals surface area contributed by atoms with Gasteiger partial charge in [-0.2, -0.15) is 8.78 Å². The Hall–Kier alpha value is -3.56. The van der Waals surface area contributed by atoms with Crippen molar-refractivity contribution in [1.82, 2.24) is 5.32 Å². The van der Waals surface area contributed by atoms with E-state index >= 15 is 0 Å². The molecule has 2 unspecified atom stereocenters. The van der Waals surface area contributed by atoms with E-state index in [0.717, 1.165) is 24.0 Å². The highest BCUT2D eigenvalue weighted by Crippen LogP contribution is 2.38. The van der Waals surface area contributed by atoms with Crippen LogP contribution in [-0.2, 0) is 33.5 Å². The van der Waals surface area contributed by atoms with E-state index < -0.39 is 36.4 Å². The Morgan fingerprint density at radius 3 is 2.20 bits per heavy atom. The third-order valence-electron chi connectivity index (χ3n) is 7.24. The number of benzene rings is 3. The van der Waals surface area contributed by atoms with E-state index in [9.17, 15) is 18.4 Å². The highest BCUT2D eigenvalue weighted by molar-refractivity contribution is 6.36. The quantitative estimate of drug-likeness (QED) is 0.172. The van der Waals surface area contributed by atoms with Crippen molar-refractivity contribution < 1.29 is 37.3 Å². The number of carbonyl (C=O) groups is 2. The van der Waals surface area contributed by atoms with Gasteiger partial charge in [0.25, 0.3) is 0 Å². The number of halogens is 4. The Labute approximate surface area is 278 Å². The summed E-state index contributed by atoms with van der Waals surface area (Å²) in [6.45, 7) is 4.40. The van der Waals surface area contributed by atoms with Crippen molar-refractivity contribution in [2.24, 2.45) is 5.92 Å². The second-order valence-corrected chi connectivity index (χ2v) is 13.1. The van der Waals surface area contributed by atoms with Crippen LogP contribution >= 0.6 is 23.2 Å². The van der Waals surface area contributed by atoms with Crippen LogP contribution in [0, 0.1) is 5.92 Å². The molecule has 0 aromatic heterocycles. The van der Waals surface area contributed by atoms with Crippen molar-refractivity contribution in [3.63, 3.8) is 0 Å². The minimum Gasteiger partial charge on any atom is -0.489 e. The summed E-state index contributed by atoms with van der Waals surface area (Å²) < 4.78 is 48.6. The third-order valence-corrected chi connectivity index (χ3v) is 7.92. The lowest BCUT2D eigenvalue weighted by Crippen LogP contribution is -2.45. The minimum absolute atomic E-state index is 0.0506. The summed E-state index contributed by atoms with van der Waals surface area (Å²) in [5.74, 6) is -0.451. The molecule has 0 bridgehead atoms. The molecule has 248 valence electrons. The molecular weight excluding hydrogens is 639 g/mol. The van der Waals surface area contributed by atoms with Crippen molar-refractivity contribution in [3.8, 4) is 11.5 Å².